The maximum absolute atomic E-state index is 12.4. The number of halogens is 1. The number of ether oxygens (including phenoxy) is 2. The van der Waals surface area contributed by atoms with Gasteiger partial charge in [-0.15, -0.1) is 0 Å². The molecule has 26 heavy (non-hydrogen) atoms. The fraction of sp³-hybridized carbons (Fsp3) is 0.250. The van der Waals surface area contributed by atoms with Crippen LogP contribution in [0.5, 0.6) is 5.88 Å². The van der Waals surface area contributed by atoms with Gasteiger partial charge in [0, 0.05) is 12.3 Å². The van der Waals surface area contributed by atoms with Crippen LogP contribution in [0.3, 0.4) is 0 Å². The lowest BCUT2D eigenvalue weighted by Gasteiger charge is -2.09. The molecule has 0 spiro atoms. The predicted molar refractivity (Wildman–Crippen MR) is 103 cm³/mol. The Morgan fingerprint density at radius 3 is 2.73 bits per heavy atom. The maximum atomic E-state index is 12.4. The molecular weight excluding hydrogens is 396 g/mol. The van der Waals surface area contributed by atoms with Crippen molar-refractivity contribution in [1.29, 1.82) is 0 Å². The zero-order valence-electron chi connectivity index (χ0n) is 14.4. The van der Waals surface area contributed by atoms with E-state index in [0.29, 0.717) is 33.6 Å². The number of aromatic nitrogens is 2. The highest BCUT2D eigenvalue weighted by molar-refractivity contribution is 9.10. The Labute approximate surface area is 160 Å². The Morgan fingerprint density at radius 1 is 1.15 bits per heavy atom. The summed E-state index contributed by atoms with van der Waals surface area (Å²) in [5, 5.41) is 0. The third kappa shape index (κ3) is 4.38. The molecule has 0 fully saturated rings. The van der Waals surface area contributed by atoms with Gasteiger partial charge < -0.3 is 9.47 Å². The molecule has 134 valence electrons. The minimum Gasteiger partial charge on any atom is -0.478 e. The molecule has 0 unspecified atom stereocenters. The SMILES string of the molecule is CCCCOc1ccc2ncc(C(=O)OCc3ccccc3)c(Br)c2n1. The summed E-state index contributed by atoms with van der Waals surface area (Å²) in [6, 6.07) is 13.1. The average Bonchev–Trinajstić information content (AvgIpc) is 2.68. The van der Waals surface area contributed by atoms with E-state index in [-0.39, 0.29) is 6.61 Å². The van der Waals surface area contributed by atoms with Gasteiger partial charge >= 0.3 is 5.97 Å². The average molecular weight is 415 g/mol. The number of carbonyl (C=O) groups excluding carboxylic acids is 1. The van der Waals surface area contributed by atoms with Crippen molar-refractivity contribution < 1.29 is 14.3 Å². The number of esters is 1. The fourth-order valence-corrected chi connectivity index (χ4v) is 2.92. The van der Waals surface area contributed by atoms with Crippen molar-refractivity contribution in [1.82, 2.24) is 9.97 Å². The van der Waals surface area contributed by atoms with E-state index >= 15 is 0 Å². The molecule has 0 aliphatic rings. The number of carbonyl (C=O) groups is 1. The minimum absolute atomic E-state index is 0.206. The molecule has 0 aliphatic heterocycles. The smallest absolute Gasteiger partial charge is 0.341 e. The van der Waals surface area contributed by atoms with Gasteiger partial charge in [0.2, 0.25) is 5.88 Å². The molecule has 0 amide bonds. The molecule has 1 aromatic carbocycles. The van der Waals surface area contributed by atoms with Crippen molar-refractivity contribution >= 4 is 32.9 Å². The number of rotatable bonds is 7. The molecule has 3 rings (SSSR count). The Hall–Kier alpha value is -2.47. The molecule has 0 N–H and O–H groups in total. The first-order valence-electron chi connectivity index (χ1n) is 8.48. The lowest BCUT2D eigenvalue weighted by Crippen LogP contribution is -2.07. The summed E-state index contributed by atoms with van der Waals surface area (Å²) < 4.78 is 11.6. The van der Waals surface area contributed by atoms with Crippen LogP contribution in [0.25, 0.3) is 11.0 Å². The fourth-order valence-electron chi connectivity index (χ4n) is 2.36. The first-order valence-corrected chi connectivity index (χ1v) is 9.27. The standard InChI is InChI=1S/C20H19BrN2O3/c1-2-3-11-25-17-10-9-16-19(23-17)18(21)15(12-22-16)20(24)26-13-14-7-5-4-6-8-14/h4-10,12H,2-3,11,13H2,1H3. The second kappa shape index (κ2) is 8.76. The summed E-state index contributed by atoms with van der Waals surface area (Å²) in [6.07, 6.45) is 3.51. The van der Waals surface area contributed by atoms with Crippen LogP contribution >= 0.6 is 15.9 Å². The van der Waals surface area contributed by atoms with Crippen molar-refractivity contribution in [3.63, 3.8) is 0 Å². The summed E-state index contributed by atoms with van der Waals surface area (Å²) in [5.74, 6) is 0.0671. The highest BCUT2D eigenvalue weighted by Crippen LogP contribution is 2.27. The number of fused-ring (bicyclic) bond motifs is 1. The van der Waals surface area contributed by atoms with Crippen molar-refractivity contribution in [2.24, 2.45) is 0 Å². The van der Waals surface area contributed by atoms with Gasteiger partial charge in [-0.05, 0) is 34.0 Å². The molecule has 2 heterocycles. The van der Waals surface area contributed by atoms with Crippen molar-refractivity contribution in [2.75, 3.05) is 6.61 Å². The number of pyridine rings is 2. The predicted octanol–water partition coefficient (Wildman–Crippen LogP) is 4.93. The second-order valence-corrected chi connectivity index (χ2v) is 6.56. The van der Waals surface area contributed by atoms with Crippen LogP contribution in [0.2, 0.25) is 0 Å². The number of hydrogen-bond donors (Lipinski definition) is 0. The van der Waals surface area contributed by atoms with Crippen LogP contribution in [0.15, 0.2) is 53.1 Å². The first-order chi connectivity index (χ1) is 12.7. The van der Waals surface area contributed by atoms with Crippen molar-refractivity contribution in [3.05, 3.63) is 64.3 Å². The highest BCUT2D eigenvalue weighted by Gasteiger charge is 2.16. The molecule has 3 aromatic rings. The zero-order chi connectivity index (χ0) is 18.4. The van der Waals surface area contributed by atoms with Crippen molar-refractivity contribution in [3.8, 4) is 5.88 Å². The lowest BCUT2D eigenvalue weighted by atomic mass is 10.2. The summed E-state index contributed by atoms with van der Waals surface area (Å²) in [5.41, 5.74) is 2.52. The van der Waals surface area contributed by atoms with E-state index in [2.05, 4.69) is 32.8 Å². The van der Waals surface area contributed by atoms with E-state index in [1.165, 1.54) is 6.20 Å². The van der Waals surface area contributed by atoms with Crippen LogP contribution in [-0.4, -0.2) is 22.5 Å². The van der Waals surface area contributed by atoms with Gasteiger partial charge in [-0.2, -0.15) is 0 Å². The van der Waals surface area contributed by atoms with Crippen LogP contribution in [0, 0.1) is 0 Å². The minimum atomic E-state index is -0.450. The molecule has 6 heteroatoms. The topological polar surface area (TPSA) is 61.3 Å². The molecule has 0 bridgehead atoms. The summed E-state index contributed by atoms with van der Waals surface area (Å²) >= 11 is 3.47. The van der Waals surface area contributed by atoms with Crippen LogP contribution < -0.4 is 4.74 Å². The summed E-state index contributed by atoms with van der Waals surface area (Å²) in [7, 11) is 0. The number of hydrogen-bond acceptors (Lipinski definition) is 5. The Morgan fingerprint density at radius 2 is 1.96 bits per heavy atom. The van der Waals surface area contributed by atoms with Gasteiger partial charge in [0.05, 0.1) is 22.2 Å². The molecular formula is C20H19BrN2O3. The first kappa shape index (κ1) is 18.3. The maximum Gasteiger partial charge on any atom is 0.341 e. The number of benzene rings is 1. The van der Waals surface area contributed by atoms with Crippen LogP contribution in [0.1, 0.15) is 35.7 Å². The van der Waals surface area contributed by atoms with Gasteiger partial charge in [0.1, 0.15) is 12.1 Å². The van der Waals surface area contributed by atoms with E-state index in [1.54, 1.807) is 6.07 Å². The van der Waals surface area contributed by atoms with E-state index in [1.807, 2.05) is 36.4 Å². The number of nitrogens with zero attached hydrogens (tertiary/aromatic N) is 2. The van der Waals surface area contributed by atoms with Crippen molar-refractivity contribution in [2.45, 2.75) is 26.4 Å². The summed E-state index contributed by atoms with van der Waals surface area (Å²) in [6.45, 7) is 2.92. The third-order valence-corrected chi connectivity index (χ3v) is 4.61. The van der Waals surface area contributed by atoms with E-state index < -0.39 is 5.97 Å². The Bertz CT molecular complexity index is 900. The van der Waals surface area contributed by atoms with Gasteiger partial charge in [-0.1, -0.05) is 43.7 Å². The quantitative estimate of drug-likeness (QED) is 0.405. The Kier molecular flexibility index (Phi) is 6.17. The molecule has 0 atom stereocenters. The molecule has 0 radical (unpaired) electrons. The summed E-state index contributed by atoms with van der Waals surface area (Å²) in [4.78, 5) is 21.2. The Balaban J connectivity index is 1.79. The van der Waals surface area contributed by atoms with Gasteiger partial charge in [0.25, 0.3) is 0 Å². The lowest BCUT2D eigenvalue weighted by molar-refractivity contribution is 0.0471. The molecule has 5 nitrogen and oxygen atoms in total. The molecule has 0 aliphatic carbocycles. The zero-order valence-corrected chi connectivity index (χ0v) is 16.0. The normalized spacial score (nSPS) is 10.7. The molecule has 2 aromatic heterocycles. The highest BCUT2D eigenvalue weighted by atomic mass is 79.9. The third-order valence-electron chi connectivity index (χ3n) is 3.81. The van der Waals surface area contributed by atoms with Crippen LogP contribution in [-0.2, 0) is 11.3 Å². The second-order valence-electron chi connectivity index (χ2n) is 5.77. The molecule has 0 saturated heterocycles. The van der Waals surface area contributed by atoms with Crippen LogP contribution in [0.4, 0.5) is 0 Å². The van der Waals surface area contributed by atoms with Gasteiger partial charge in [-0.3, -0.25) is 4.98 Å². The van der Waals surface area contributed by atoms with E-state index in [9.17, 15) is 4.79 Å². The van der Waals surface area contributed by atoms with E-state index in [0.717, 1.165) is 18.4 Å². The monoisotopic (exact) mass is 414 g/mol. The van der Waals surface area contributed by atoms with E-state index in [4.69, 9.17) is 9.47 Å². The molecule has 0 saturated carbocycles. The van der Waals surface area contributed by atoms with Gasteiger partial charge in [-0.25, -0.2) is 9.78 Å². The largest absolute Gasteiger partial charge is 0.478 e. The number of unbranched alkanes of at least 4 members (excludes halogenated alkanes) is 1. The van der Waals surface area contributed by atoms with Gasteiger partial charge in [0.15, 0.2) is 0 Å².